The Morgan fingerprint density at radius 3 is 2.87 bits per heavy atom. The van der Waals surface area contributed by atoms with Crippen LogP contribution in [0.25, 0.3) is 22.3 Å². The molecule has 3 heterocycles. The van der Waals surface area contributed by atoms with E-state index in [1.54, 1.807) is 25.6 Å². The van der Waals surface area contributed by atoms with Crippen molar-refractivity contribution in [3.05, 3.63) is 65.1 Å². The van der Waals surface area contributed by atoms with E-state index >= 15 is 0 Å². The van der Waals surface area contributed by atoms with E-state index in [0.717, 1.165) is 40.8 Å². The molecule has 0 radical (unpaired) electrons. The number of ether oxygens (including phenoxy) is 1. The van der Waals surface area contributed by atoms with E-state index in [0.29, 0.717) is 34.1 Å². The molecule has 0 saturated carbocycles. The van der Waals surface area contributed by atoms with Crippen molar-refractivity contribution in [1.82, 2.24) is 15.0 Å². The maximum Gasteiger partial charge on any atom is 0.166 e. The maximum atomic E-state index is 12.9. The molecule has 3 aromatic heterocycles. The Kier molecular flexibility index (Phi) is 4.64. The van der Waals surface area contributed by atoms with Gasteiger partial charge in [-0.3, -0.25) is 14.8 Å². The average molecular weight is 419 g/mol. The van der Waals surface area contributed by atoms with Gasteiger partial charge in [0, 0.05) is 30.1 Å². The van der Waals surface area contributed by atoms with Crippen LogP contribution in [-0.2, 0) is 6.42 Å². The summed E-state index contributed by atoms with van der Waals surface area (Å²) in [4.78, 5) is 25.3. The van der Waals surface area contributed by atoms with E-state index in [2.05, 4.69) is 20.3 Å². The van der Waals surface area contributed by atoms with Gasteiger partial charge < -0.3 is 15.0 Å². The van der Waals surface area contributed by atoms with Crippen molar-refractivity contribution in [1.29, 1.82) is 0 Å². The number of aromatic nitrogens is 3. The summed E-state index contributed by atoms with van der Waals surface area (Å²) in [5.41, 5.74) is 6.29. The number of halogens is 1. The number of anilines is 2. The van der Waals surface area contributed by atoms with Crippen LogP contribution in [0.15, 0.2) is 48.8 Å². The zero-order chi connectivity index (χ0) is 20.7. The summed E-state index contributed by atoms with van der Waals surface area (Å²) in [5.74, 6) is 0.648. The molecule has 0 fully saturated rings. The van der Waals surface area contributed by atoms with Crippen molar-refractivity contribution in [3.63, 3.8) is 0 Å². The normalized spacial score (nSPS) is 13.3. The highest BCUT2D eigenvalue weighted by Gasteiger charge is 2.28. The molecule has 0 saturated heterocycles. The van der Waals surface area contributed by atoms with Crippen LogP contribution in [-0.4, -0.2) is 27.8 Å². The van der Waals surface area contributed by atoms with Gasteiger partial charge in [0.1, 0.15) is 0 Å². The van der Waals surface area contributed by atoms with E-state index in [-0.39, 0.29) is 5.78 Å². The predicted octanol–water partition coefficient (Wildman–Crippen LogP) is 5.55. The topological polar surface area (TPSA) is 79.9 Å². The summed E-state index contributed by atoms with van der Waals surface area (Å²) in [6, 6.07) is 11.2. The van der Waals surface area contributed by atoms with E-state index in [1.165, 1.54) is 0 Å². The number of nitrogens with one attached hydrogen (secondary N) is 2. The number of pyridine rings is 2. The standard InChI is InChI=1S/C23H19ClN4O2/c1-30-23-14(24)5-2-7-17(23)28-22-19-15(6-3-9-18(19)29)27-21(22)13-10-12-25-16-8-4-11-26-20(13)16/h2,4-5,7-8,10-12,27-28H,3,6,9H2,1H3. The third-order valence-corrected chi connectivity index (χ3v) is 5.68. The number of nitrogens with zero attached hydrogens (tertiary/aromatic N) is 2. The molecule has 1 aliphatic rings. The van der Waals surface area contributed by atoms with Crippen LogP contribution in [0, 0.1) is 0 Å². The summed E-state index contributed by atoms with van der Waals surface area (Å²) >= 11 is 6.32. The minimum atomic E-state index is 0.119. The third-order valence-electron chi connectivity index (χ3n) is 5.38. The van der Waals surface area contributed by atoms with E-state index in [9.17, 15) is 4.79 Å². The second-order valence-electron chi connectivity index (χ2n) is 7.18. The van der Waals surface area contributed by atoms with E-state index in [4.69, 9.17) is 16.3 Å². The largest absolute Gasteiger partial charge is 0.493 e. The van der Waals surface area contributed by atoms with Crippen LogP contribution in [0.3, 0.4) is 0 Å². The Morgan fingerprint density at radius 1 is 1.10 bits per heavy atom. The summed E-state index contributed by atoms with van der Waals surface area (Å²) in [6.07, 6.45) is 5.68. The van der Waals surface area contributed by atoms with Crippen LogP contribution >= 0.6 is 11.6 Å². The van der Waals surface area contributed by atoms with Gasteiger partial charge in [0.05, 0.1) is 45.8 Å². The van der Waals surface area contributed by atoms with Gasteiger partial charge in [0.15, 0.2) is 11.5 Å². The van der Waals surface area contributed by atoms with Gasteiger partial charge in [0.2, 0.25) is 0 Å². The Labute approximate surface area is 178 Å². The fourth-order valence-corrected chi connectivity index (χ4v) is 4.31. The fourth-order valence-electron chi connectivity index (χ4n) is 4.06. The highest BCUT2D eigenvalue weighted by Crippen LogP contribution is 2.42. The van der Waals surface area contributed by atoms with E-state index < -0.39 is 0 Å². The molecule has 6 nitrogen and oxygen atoms in total. The van der Waals surface area contributed by atoms with Crippen LogP contribution < -0.4 is 10.1 Å². The van der Waals surface area contributed by atoms with E-state index in [1.807, 2.05) is 30.3 Å². The van der Waals surface area contributed by atoms with Gasteiger partial charge >= 0.3 is 0 Å². The SMILES string of the molecule is COc1c(Cl)cccc1Nc1c(-c2ccnc3cccnc23)[nH]c2c1C(=O)CCC2. The second-order valence-corrected chi connectivity index (χ2v) is 7.59. The molecule has 0 unspecified atom stereocenters. The first kappa shape index (κ1) is 18.6. The van der Waals surface area contributed by atoms with Gasteiger partial charge in [-0.15, -0.1) is 0 Å². The Hall–Kier alpha value is -3.38. The van der Waals surface area contributed by atoms with Crippen molar-refractivity contribution in [3.8, 4) is 17.0 Å². The lowest BCUT2D eigenvalue weighted by Gasteiger charge is -2.16. The second kappa shape index (κ2) is 7.46. The molecule has 0 spiro atoms. The number of hydrogen-bond acceptors (Lipinski definition) is 5. The quantitative estimate of drug-likeness (QED) is 0.454. The first-order valence-corrected chi connectivity index (χ1v) is 10.1. The minimum Gasteiger partial charge on any atom is -0.493 e. The zero-order valence-electron chi connectivity index (χ0n) is 16.3. The molecule has 1 aliphatic carbocycles. The van der Waals surface area contributed by atoms with Gasteiger partial charge in [0.25, 0.3) is 0 Å². The molecular formula is C23H19ClN4O2. The number of methoxy groups -OCH3 is 1. The van der Waals surface area contributed by atoms with Crippen molar-refractivity contribution in [2.45, 2.75) is 19.3 Å². The highest BCUT2D eigenvalue weighted by atomic mass is 35.5. The number of hydrogen-bond donors (Lipinski definition) is 2. The lowest BCUT2D eigenvalue weighted by Crippen LogP contribution is -2.11. The molecule has 7 heteroatoms. The molecule has 5 rings (SSSR count). The summed E-state index contributed by atoms with van der Waals surface area (Å²) in [7, 11) is 1.57. The number of benzene rings is 1. The maximum absolute atomic E-state index is 12.9. The van der Waals surface area contributed by atoms with Crippen LogP contribution in [0.5, 0.6) is 5.75 Å². The molecule has 0 aliphatic heterocycles. The number of aromatic amines is 1. The Morgan fingerprint density at radius 2 is 2.00 bits per heavy atom. The summed E-state index contributed by atoms with van der Waals surface area (Å²) in [6.45, 7) is 0. The Balaban J connectivity index is 1.75. The molecule has 2 N–H and O–H groups in total. The number of para-hydroxylation sites is 1. The lowest BCUT2D eigenvalue weighted by molar-refractivity contribution is 0.0973. The van der Waals surface area contributed by atoms with Gasteiger partial charge in [-0.25, -0.2) is 0 Å². The third kappa shape index (κ3) is 3.00. The van der Waals surface area contributed by atoms with Crippen molar-refractivity contribution in [2.24, 2.45) is 0 Å². The number of aryl methyl sites for hydroxylation is 1. The highest BCUT2D eigenvalue weighted by molar-refractivity contribution is 6.32. The van der Waals surface area contributed by atoms with Gasteiger partial charge in [-0.2, -0.15) is 0 Å². The molecule has 0 bridgehead atoms. The fraction of sp³-hybridized carbons (Fsp3) is 0.174. The van der Waals surface area contributed by atoms with Crippen molar-refractivity contribution < 1.29 is 9.53 Å². The molecular weight excluding hydrogens is 400 g/mol. The lowest BCUT2D eigenvalue weighted by atomic mass is 9.94. The van der Waals surface area contributed by atoms with Gasteiger partial charge in [-0.05, 0) is 43.2 Å². The smallest absolute Gasteiger partial charge is 0.166 e. The number of fused-ring (bicyclic) bond motifs is 2. The molecule has 150 valence electrons. The number of Topliss-reactive ketones (excluding diaryl/α,β-unsaturated/α-hetero) is 1. The zero-order valence-corrected chi connectivity index (χ0v) is 17.1. The molecule has 4 aromatic rings. The monoisotopic (exact) mass is 418 g/mol. The van der Waals surface area contributed by atoms with Crippen LogP contribution in [0.2, 0.25) is 5.02 Å². The minimum absolute atomic E-state index is 0.119. The first-order chi connectivity index (χ1) is 14.7. The number of rotatable bonds is 4. The van der Waals surface area contributed by atoms with Gasteiger partial charge in [-0.1, -0.05) is 17.7 Å². The van der Waals surface area contributed by atoms with Crippen molar-refractivity contribution in [2.75, 3.05) is 12.4 Å². The molecule has 30 heavy (non-hydrogen) atoms. The van der Waals surface area contributed by atoms with Crippen molar-refractivity contribution >= 4 is 39.8 Å². The molecule has 0 amide bonds. The number of carbonyl (C=O) groups excluding carboxylic acids is 1. The number of H-pyrrole nitrogens is 1. The Bertz CT molecular complexity index is 1280. The summed E-state index contributed by atoms with van der Waals surface area (Å²) < 4.78 is 5.50. The first-order valence-electron chi connectivity index (χ1n) is 9.75. The molecule has 0 atom stereocenters. The summed E-state index contributed by atoms with van der Waals surface area (Å²) in [5, 5.41) is 3.92. The number of carbonyl (C=O) groups is 1. The number of ketones is 1. The van der Waals surface area contributed by atoms with Crippen LogP contribution in [0.4, 0.5) is 11.4 Å². The average Bonchev–Trinajstić information content (AvgIpc) is 3.13. The van der Waals surface area contributed by atoms with Crippen LogP contribution in [0.1, 0.15) is 28.9 Å². The molecule has 1 aromatic carbocycles. The predicted molar refractivity (Wildman–Crippen MR) is 118 cm³/mol.